The number of aryl methyl sites for hydroxylation is 1. The number of benzene rings is 2. The van der Waals surface area contributed by atoms with Crippen LogP contribution in [-0.2, 0) is 14.8 Å². The molecule has 160 valence electrons. The number of hydrogen-bond acceptors (Lipinski definition) is 5. The zero-order valence-corrected chi connectivity index (χ0v) is 18.1. The zero-order chi connectivity index (χ0) is 21.7. The molecule has 0 bridgehead atoms. The Morgan fingerprint density at radius 3 is 2.10 bits per heavy atom. The topological polar surface area (TPSA) is 86.8 Å². The predicted molar refractivity (Wildman–Crippen MR) is 116 cm³/mol. The van der Waals surface area contributed by atoms with Crippen LogP contribution in [0.2, 0.25) is 0 Å². The normalized spacial score (nSPS) is 15.7. The molecule has 3 rings (SSSR count). The Bertz CT molecular complexity index is 994. The number of carbonyl (C=O) groups excluding carboxylic acids is 2. The molecule has 0 aromatic heterocycles. The molecule has 0 aliphatic carbocycles. The highest BCUT2D eigenvalue weighted by Gasteiger charge is 2.27. The minimum atomic E-state index is -3.54. The van der Waals surface area contributed by atoms with Crippen LogP contribution in [0.25, 0.3) is 0 Å². The molecule has 1 saturated heterocycles. The van der Waals surface area contributed by atoms with Gasteiger partial charge in [0.05, 0.1) is 4.90 Å². The summed E-state index contributed by atoms with van der Waals surface area (Å²) in [5.41, 5.74) is 2.16. The van der Waals surface area contributed by atoms with E-state index in [9.17, 15) is 18.0 Å². The van der Waals surface area contributed by atoms with Crippen LogP contribution in [-0.4, -0.2) is 62.5 Å². The molecule has 1 amide bonds. The molecule has 0 saturated carbocycles. The Labute approximate surface area is 177 Å². The summed E-state index contributed by atoms with van der Waals surface area (Å²) in [5, 5.41) is 2.72. The Morgan fingerprint density at radius 1 is 0.900 bits per heavy atom. The van der Waals surface area contributed by atoms with Gasteiger partial charge in [-0.2, -0.15) is 4.31 Å². The summed E-state index contributed by atoms with van der Waals surface area (Å²) in [4.78, 5) is 26.7. The Morgan fingerprint density at radius 2 is 1.50 bits per heavy atom. The number of amides is 1. The first kappa shape index (κ1) is 22.1. The van der Waals surface area contributed by atoms with E-state index in [2.05, 4.69) is 10.2 Å². The van der Waals surface area contributed by atoms with Crippen molar-refractivity contribution in [1.29, 1.82) is 0 Å². The van der Waals surface area contributed by atoms with Gasteiger partial charge in [-0.05, 0) is 38.2 Å². The first-order chi connectivity index (χ1) is 14.3. The first-order valence-corrected chi connectivity index (χ1v) is 11.4. The average Bonchev–Trinajstić information content (AvgIpc) is 2.73. The number of ketones is 1. The lowest BCUT2D eigenvalue weighted by atomic mass is 10.0. The summed E-state index contributed by atoms with van der Waals surface area (Å²) in [6, 6.07) is 13.4. The monoisotopic (exact) mass is 429 g/mol. The fourth-order valence-electron chi connectivity index (χ4n) is 3.22. The summed E-state index contributed by atoms with van der Waals surface area (Å²) in [6.45, 7) is 4.28. The van der Waals surface area contributed by atoms with Crippen LogP contribution < -0.4 is 5.32 Å². The summed E-state index contributed by atoms with van der Waals surface area (Å²) in [5.74, 6) is -0.371. The van der Waals surface area contributed by atoms with E-state index in [1.807, 2.05) is 26.1 Å². The second-order valence-electron chi connectivity index (χ2n) is 7.57. The molecule has 1 heterocycles. The molecule has 0 radical (unpaired) electrons. The van der Waals surface area contributed by atoms with Crippen LogP contribution in [0, 0.1) is 6.92 Å². The molecule has 1 fully saturated rings. The number of carbonyl (C=O) groups is 2. The van der Waals surface area contributed by atoms with Crippen molar-refractivity contribution >= 4 is 27.4 Å². The zero-order valence-electron chi connectivity index (χ0n) is 17.3. The number of likely N-dealkylation sites (N-methyl/N-ethyl adjacent to an activating group) is 1. The predicted octanol–water partition coefficient (Wildman–Crippen LogP) is 2.53. The molecular formula is C22H27N3O4S. The SMILES string of the molecule is Cc1ccc(C(=O)CCC(=O)Nc2ccc(S(=O)(=O)N3CCN(C)CC3)cc2)cc1. The van der Waals surface area contributed by atoms with Crippen molar-refractivity contribution in [3.05, 3.63) is 59.7 Å². The van der Waals surface area contributed by atoms with Gasteiger partial charge in [-0.1, -0.05) is 29.8 Å². The highest BCUT2D eigenvalue weighted by molar-refractivity contribution is 7.89. The standard InChI is InChI=1S/C22H27N3O4S/c1-17-3-5-18(6-4-17)21(26)11-12-22(27)23-19-7-9-20(10-8-19)30(28,29)25-15-13-24(2)14-16-25/h3-10H,11-16H2,1-2H3,(H,23,27). The van der Waals surface area contributed by atoms with Gasteiger partial charge < -0.3 is 10.2 Å². The number of nitrogens with zero attached hydrogens (tertiary/aromatic N) is 2. The second kappa shape index (κ2) is 9.51. The Hall–Kier alpha value is -2.55. The van der Waals surface area contributed by atoms with Gasteiger partial charge in [0.25, 0.3) is 0 Å². The van der Waals surface area contributed by atoms with E-state index in [-0.39, 0.29) is 29.4 Å². The van der Waals surface area contributed by atoms with Crippen molar-refractivity contribution in [2.45, 2.75) is 24.7 Å². The number of rotatable bonds is 7. The van der Waals surface area contributed by atoms with Crippen molar-refractivity contribution in [2.24, 2.45) is 0 Å². The highest BCUT2D eigenvalue weighted by atomic mass is 32.2. The van der Waals surface area contributed by atoms with Crippen LogP contribution in [0.4, 0.5) is 5.69 Å². The maximum Gasteiger partial charge on any atom is 0.243 e. The summed E-state index contributed by atoms with van der Waals surface area (Å²) in [7, 11) is -1.57. The van der Waals surface area contributed by atoms with Crippen molar-refractivity contribution in [3.63, 3.8) is 0 Å². The molecule has 1 N–H and O–H groups in total. The van der Waals surface area contributed by atoms with E-state index in [4.69, 9.17) is 0 Å². The van der Waals surface area contributed by atoms with Gasteiger partial charge >= 0.3 is 0 Å². The maximum absolute atomic E-state index is 12.7. The van der Waals surface area contributed by atoms with Gasteiger partial charge in [0, 0.05) is 50.3 Å². The molecular weight excluding hydrogens is 402 g/mol. The number of anilines is 1. The van der Waals surface area contributed by atoms with Gasteiger partial charge in [-0.15, -0.1) is 0 Å². The first-order valence-electron chi connectivity index (χ1n) is 9.94. The van der Waals surface area contributed by atoms with Crippen LogP contribution >= 0.6 is 0 Å². The number of piperazine rings is 1. The third kappa shape index (κ3) is 5.53. The summed E-state index contributed by atoms with van der Waals surface area (Å²) >= 11 is 0. The molecule has 8 heteroatoms. The number of sulfonamides is 1. The largest absolute Gasteiger partial charge is 0.326 e. The lowest BCUT2D eigenvalue weighted by Crippen LogP contribution is -2.46. The molecule has 7 nitrogen and oxygen atoms in total. The van der Waals surface area contributed by atoms with E-state index < -0.39 is 10.0 Å². The third-order valence-electron chi connectivity index (χ3n) is 5.19. The summed E-state index contributed by atoms with van der Waals surface area (Å²) < 4.78 is 27.0. The average molecular weight is 430 g/mol. The quantitative estimate of drug-likeness (QED) is 0.684. The Balaban J connectivity index is 1.54. The lowest BCUT2D eigenvalue weighted by molar-refractivity contribution is -0.116. The van der Waals surface area contributed by atoms with Gasteiger partial charge in [-0.3, -0.25) is 9.59 Å². The third-order valence-corrected chi connectivity index (χ3v) is 7.10. The Kier molecular flexibility index (Phi) is 7.02. The molecule has 2 aromatic rings. The maximum atomic E-state index is 12.7. The molecule has 2 aromatic carbocycles. The van der Waals surface area contributed by atoms with E-state index in [0.717, 1.165) is 5.56 Å². The summed E-state index contributed by atoms with van der Waals surface area (Å²) in [6.07, 6.45) is 0.179. The van der Waals surface area contributed by atoms with Gasteiger partial charge in [-0.25, -0.2) is 8.42 Å². The lowest BCUT2D eigenvalue weighted by Gasteiger charge is -2.31. The van der Waals surface area contributed by atoms with Crippen molar-refractivity contribution in [3.8, 4) is 0 Å². The van der Waals surface area contributed by atoms with Crippen molar-refractivity contribution in [2.75, 3.05) is 38.5 Å². The molecule has 0 atom stereocenters. The van der Waals surface area contributed by atoms with E-state index in [1.165, 1.54) is 16.4 Å². The molecule has 1 aliphatic heterocycles. The second-order valence-corrected chi connectivity index (χ2v) is 9.51. The van der Waals surface area contributed by atoms with Gasteiger partial charge in [0.1, 0.15) is 0 Å². The van der Waals surface area contributed by atoms with Gasteiger partial charge in [0.2, 0.25) is 15.9 Å². The van der Waals surface area contributed by atoms with Crippen LogP contribution in [0.15, 0.2) is 53.4 Å². The van der Waals surface area contributed by atoms with Crippen LogP contribution in [0.3, 0.4) is 0 Å². The molecule has 30 heavy (non-hydrogen) atoms. The van der Waals surface area contributed by atoms with E-state index in [0.29, 0.717) is 37.4 Å². The minimum absolute atomic E-state index is 0.0635. The molecule has 1 aliphatic rings. The minimum Gasteiger partial charge on any atom is -0.326 e. The van der Waals surface area contributed by atoms with Crippen molar-refractivity contribution in [1.82, 2.24) is 9.21 Å². The molecule has 0 unspecified atom stereocenters. The van der Waals surface area contributed by atoms with Crippen LogP contribution in [0.5, 0.6) is 0 Å². The van der Waals surface area contributed by atoms with Gasteiger partial charge in [0.15, 0.2) is 5.78 Å². The fraction of sp³-hybridized carbons (Fsp3) is 0.364. The van der Waals surface area contributed by atoms with E-state index >= 15 is 0 Å². The number of Topliss-reactive ketones (excluding diaryl/α,β-unsaturated/α-hetero) is 1. The van der Waals surface area contributed by atoms with Crippen molar-refractivity contribution < 1.29 is 18.0 Å². The number of nitrogens with one attached hydrogen (secondary N) is 1. The van der Waals surface area contributed by atoms with Crippen LogP contribution in [0.1, 0.15) is 28.8 Å². The molecule has 0 spiro atoms. The smallest absolute Gasteiger partial charge is 0.243 e. The number of hydrogen-bond donors (Lipinski definition) is 1. The fourth-order valence-corrected chi connectivity index (χ4v) is 4.64. The highest BCUT2D eigenvalue weighted by Crippen LogP contribution is 2.20. The van der Waals surface area contributed by atoms with E-state index in [1.54, 1.807) is 24.3 Å².